The molecule has 35 heavy (non-hydrogen) atoms. The van der Waals surface area contributed by atoms with Crippen molar-refractivity contribution in [3.8, 4) is 0 Å². The van der Waals surface area contributed by atoms with Gasteiger partial charge in [0, 0.05) is 6.54 Å². The summed E-state index contributed by atoms with van der Waals surface area (Å²) in [7, 11) is 0. The van der Waals surface area contributed by atoms with Crippen LogP contribution in [0.15, 0.2) is 54.6 Å². The summed E-state index contributed by atoms with van der Waals surface area (Å²) in [4.78, 5) is 11.5. The number of hydrogen-bond donors (Lipinski definition) is 1. The number of rotatable bonds is 6. The minimum absolute atomic E-state index is 0.0501. The van der Waals surface area contributed by atoms with Crippen LogP contribution in [0.25, 0.3) is 16.8 Å². The minimum Gasteiger partial charge on any atom is -0.352 e. The van der Waals surface area contributed by atoms with E-state index in [1.807, 2.05) is 0 Å². The van der Waals surface area contributed by atoms with Crippen LogP contribution in [-0.4, -0.2) is 18.3 Å². The number of nitrogens with one attached hydrogen (secondary N) is 1. The highest BCUT2D eigenvalue weighted by molar-refractivity contribution is 6.48. The van der Waals surface area contributed by atoms with Crippen molar-refractivity contribution in [1.29, 1.82) is 0 Å². The van der Waals surface area contributed by atoms with Gasteiger partial charge in [0.05, 0.1) is 21.0 Å². The van der Waals surface area contributed by atoms with Gasteiger partial charge >= 0.3 is 12.4 Å². The monoisotopic (exact) mass is 553 g/mol. The van der Waals surface area contributed by atoms with Crippen LogP contribution < -0.4 is 5.32 Å². The van der Waals surface area contributed by atoms with E-state index in [-0.39, 0.29) is 27.2 Å². The van der Waals surface area contributed by atoms with Crippen LogP contribution in [0.4, 0.5) is 26.3 Å². The van der Waals surface area contributed by atoms with Gasteiger partial charge in [-0.2, -0.15) is 26.3 Å². The first-order valence-electron chi connectivity index (χ1n) is 9.99. The molecule has 3 rings (SSSR count). The molecular weight excluding hydrogens is 539 g/mol. The predicted octanol–water partition coefficient (Wildman–Crippen LogP) is 8.73. The molecule has 1 N–H and O–H groups in total. The normalized spacial score (nSPS) is 13.4. The molecule has 0 heterocycles. The topological polar surface area (TPSA) is 29.1 Å². The zero-order valence-electron chi connectivity index (χ0n) is 17.6. The second-order valence-electron chi connectivity index (χ2n) is 7.61. The number of carbonyl (C=O) groups is 1. The Bertz CT molecular complexity index is 1250. The van der Waals surface area contributed by atoms with Gasteiger partial charge in [0.25, 0.3) is 0 Å². The van der Waals surface area contributed by atoms with Gasteiger partial charge in [0.1, 0.15) is 6.42 Å². The summed E-state index contributed by atoms with van der Waals surface area (Å²) in [6.07, 6.45) is -8.64. The lowest BCUT2D eigenvalue weighted by molar-refractivity contribution is -0.153. The van der Waals surface area contributed by atoms with E-state index in [4.69, 9.17) is 34.8 Å². The summed E-state index contributed by atoms with van der Waals surface area (Å²) < 4.78 is 78.7. The molecule has 0 aliphatic carbocycles. The van der Waals surface area contributed by atoms with Crippen molar-refractivity contribution in [2.45, 2.75) is 31.2 Å². The highest BCUT2D eigenvalue weighted by Gasteiger charge is 2.39. The van der Waals surface area contributed by atoms with Gasteiger partial charge in [-0.1, -0.05) is 83.4 Å². The van der Waals surface area contributed by atoms with Gasteiger partial charge in [-0.15, -0.1) is 0 Å². The number of allylic oxidation sites excluding steroid dienone is 1. The standard InChI is InChI=1S/C24H16Cl3F6NO/c25-19-9-15(10-20(26)22(19)27)18(24(31,32)33)8-7-13-5-6-14(17-4-2-1-3-16(13)17)12-34-21(35)11-23(28,29)30/h1-10,18H,11-12H2,(H,34,35)/b8-7+. The molecule has 0 bridgehead atoms. The van der Waals surface area contributed by atoms with Crippen LogP contribution in [0.5, 0.6) is 0 Å². The van der Waals surface area contributed by atoms with Gasteiger partial charge < -0.3 is 5.32 Å². The van der Waals surface area contributed by atoms with Gasteiger partial charge in [0.2, 0.25) is 5.91 Å². The SMILES string of the molecule is O=C(CC(F)(F)F)NCc1ccc(/C=C/C(c2cc(Cl)c(Cl)c(Cl)c2)C(F)(F)F)c2ccccc12. The van der Waals surface area contributed by atoms with E-state index in [9.17, 15) is 31.1 Å². The molecule has 1 unspecified atom stereocenters. The van der Waals surface area contributed by atoms with Crippen molar-refractivity contribution in [3.05, 3.63) is 86.4 Å². The lowest BCUT2D eigenvalue weighted by Crippen LogP contribution is -2.28. The molecule has 0 saturated carbocycles. The summed E-state index contributed by atoms with van der Waals surface area (Å²) in [6.45, 7) is -0.174. The van der Waals surface area contributed by atoms with E-state index in [1.54, 1.807) is 24.3 Å². The van der Waals surface area contributed by atoms with Gasteiger partial charge in [-0.05, 0) is 39.6 Å². The Balaban J connectivity index is 1.94. The van der Waals surface area contributed by atoms with Crippen LogP contribution in [0.1, 0.15) is 29.0 Å². The molecule has 0 spiro atoms. The van der Waals surface area contributed by atoms with Crippen LogP contribution in [0.3, 0.4) is 0 Å². The highest BCUT2D eigenvalue weighted by atomic mass is 35.5. The Morgan fingerprint density at radius 1 is 0.914 bits per heavy atom. The predicted molar refractivity (Wildman–Crippen MR) is 126 cm³/mol. The molecule has 1 atom stereocenters. The molecule has 186 valence electrons. The summed E-state index contributed by atoms with van der Waals surface area (Å²) in [5, 5.41) is 3.07. The third-order valence-corrected chi connectivity index (χ3v) is 6.27. The van der Waals surface area contributed by atoms with Crippen molar-refractivity contribution in [1.82, 2.24) is 5.32 Å². The Labute approximate surface area is 211 Å². The minimum atomic E-state index is -4.66. The molecule has 3 aromatic carbocycles. The number of hydrogen-bond acceptors (Lipinski definition) is 1. The van der Waals surface area contributed by atoms with E-state index in [1.165, 1.54) is 18.2 Å². The maximum atomic E-state index is 13.9. The van der Waals surface area contributed by atoms with Crippen molar-refractivity contribution >= 4 is 57.6 Å². The van der Waals surface area contributed by atoms with Crippen molar-refractivity contribution < 1.29 is 31.1 Å². The zero-order chi connectivity index (χ0) is 26.0. The number of halogens is 9. The quantitative estimate of drug-likeness (QED) is 0.240. The van der Waals surface area contributed by atoms with E-state index >= 15 is 0 Å². The van der Waals surface area contributed by atoms with Crippen molar-refractivity contribution in [2.24, 2.45) is 0 Å². The van der Waals surface area contributed by atoms with Crippen LogP contribution in [0.2, 0.25) is 15.1 Å². The number of alkyl halides is 6. The maximum Gasteiger partial charge on any atom is 0.399 e. The zero-order valence-corrected chi connectivity index (χ0v) is 19.8. The first-order valence-corrected chi connectivity index (χ1v) is 11.1. The fraction of sp³-hybridized carbons (Fsp3) is 0.208. The number of benzene rings is 3. The molecule has 1 amide bonds. The van der Waals surface area contributed by atoms with Crippen LogP contribution in [-0.2, 0) is 11.3 Å². The van der Waals surface area contributed by atoms with Gasteiger partial charge in [-0.25, -0.2) is 0 Å². The van der Waals surface area contributed by atoms with Crippen molar-refractivity contribution in [3.63, 3.8) is 0 Å². The average molecular weight is 555 g/mol. The fourth-order valence-corrected chi connectivity index (χ4v) is 4.10. The third-order valence-electron chi connectivity index (χ3n) is 5.07. The summed E-state index contributed by atoms with van der Waals surface area (Å²) in [5.41, 5.74) is 0.754. The summed E-state index contributed by atoms with van der Waals surface area (Å²) >= 11 is 17.7. The number of amides is 1. The smallest absolute Gasteiger partial charge is 0.352 e. The average Bonchev–Trinajstić information content (AvgIpc) is 2.74. The van der Waals surface area contributed by atoms with Crippen molar-refractivity contribution in [2.75, 3.05) is 0 Å². The molecule has 0 aliphatic heterocycles. The lowest BCUT2D eigenvalue weighted by Gasteiger charge is -2.18. The van der Waals surface area contributed by atoms with E-state index in [0.29, 0.717) is 21.9 Å². The summed E-state index contributed by atoms with van der Waals surface area (Å²) in [5.74, 6) is -3.21. The molecule has 3 aromatic rings. The molecule has 0 fully saturated rings. The second-order valence-corrected chi connectivity index (χ2v) is 8.80. The lowest BCUT2D eigenvalue weighted by atomic mass is 9.95. The second kappa shape index (κ2) is 10.7. The molecule has 0 radical (unpaired) electrons. The molecule has 0 aromatic heterocycles. The van der Waals surface area contributed by atoms with E-state index < -0.39 is 30.6 Å². The number of carbonyl (C=O) groups excluding carboxylic acids is 1. The third kappa shape index (κ3) is 7.06. The Kier molecular flexibility index (Phi) is 8.29. The molecule has 11 heteroatoms. The largest absolute Gasteiger partial charge is 0.399 e. The van der Waals surface area contributed by atoms with Gasteiger partial charge in [0.15, 0.2) is 0 Å². The molecule has 0 aliphatic rings. The van der Waals surface area contributed by atoms with E-state index in [2.05, 4.69) is 5.32 Å². The van der Waals surface area contributed by atoms with Crippen LogP contribution >= 0.6 is 34.8 Å². The highest BCUT2D eigenvalue weighted by Crippen LogP contribution is 2.41. The molecule has 2 nitrogen and oxygen atoms in total. The Hall–Kier alpha value is -2.42. The first kappa shape index (κ1) is 27.2. The molecular formula is C24H16Cl3F6NO. The first-order chi connectivity index (χ1) is 16.3. The van der Waals surface area contributed by atoms with E-state index in [0.717, 1.165) is 18.2 Å². The number of fused-ring (bicyclic) bond motifs is 1. The summed E-state index contributed by atoms with van der Waals surface area (Å²) in [6, 6.07) is 11.9. The fourth-order valence-electron chi connectivity index (χ4n) is 3.49. The Morgan fingerprint density at radius 2 is 1.51 bits per heavy atom. The maximum absolute atomic E-state index is 13.9. The van der Waals surface area contributed by atoms with Gasteiger partial charge in [-0.3, -0.25) is 4.79 Å². The van der Waals surface area contributed by atoms with Crippen LogP contribution in [0, 0.1) is 0 Å². The Morgan fingerprint density at radius 3 is 2.09 bits per heavy atom. The molecule has 0 saturated heterocycles.